The number of piperazine rings is 1. The maximum atomic E-state index is 13.0. The highest BCUT2D eigenvalue weighted by molar-refractivity contribution is 9.10. The first-order valence-corrected chi connectivity index (χ1v) is 12.6. The molecule has 3 aromatic carbocycles. The van der Waals surface area contributed by atoms with Gasteiger partial charge in [0.25, 0.3) is 5.91 Å². The molecule has 5 nitrogen and oxygen atoms in total. The number of hydrogen-bond acceptors (Lipinski definition) is 4. The Morgan fingerprint density at radius 3 is 2.23 bits per heavy atom. The molecule has 1 aliphatic heterocycles. The number of halogens is 3. The Kier molecular flexibility index (Phi) is 8.35. The number of carbonyl (C=O) groups is 1. The van der Waals surface area contributed by atoms with E-state index in [0.717, 1.165) is 15.7 Å². The zero-order valence-corrected chi connectivity index (χ0v) is 21.9. The molecule has 4 rings (SSSR count). The number of carbonyl (C=O) groups excluding carboxylic acids is 1. The van der Waals surface area contributed by atoms with E-state index in [9.17, 15) is 10.1 Å². The maximum Gasteiger partial charge on any atom is 0.264 e. The van der Waals surface area contributed by atoms with Crippen molar-refractivity contribution in [2.75, 3.05) is 31.1 Å². The van der Waals surface area contributed by atoms with Crippen LogP contribution in [0.2, 0.25) is 10.0 Å². The molecular weight excluding hydrogens is 549 g/mol. The quantitative estimate of drug-likeness (QED) is 0.248. The summed E-state index contributed by atoms with van der Waals surface area (Å²) in [6.07, 6.45) is 1.52. The van der Waals surface area contributed by atoms with Gasteiger partial charge in [-0.3, -0.25) is 4.79 Å². The van der Waals surface area contributed by atoms with E-state index in [4.69, 9.17) is 27.9 Å². The van der Waals surface area contributed by atoms with Crippen molar-refractivity contribution in [3.63, 3.8) is 0 Å². The third kappa shape index (κ3) is 6.37. The molecule has 1 fully saturated rings. The Hall–Kier alpha value is -2.98. The molecular formula is C27H22BrCl2N3O2. The van der Waals surface area contributed by atoms with Gasteiger partial charge in [-0.15, -0.1) is 0 Å². The topological polar surface area (TPSA) is 56.6 Å². The van der Waals surface area contributed by atoms with Gasteiger partial charge in [0.2, 0.25) is 0 Å². The smallest absolute Gasteiger partial charge is 0.264 e. The molecule has 178 valence electrons. The minimum Gasteiger partial charge on any atom is -0.486 e. The van der Waals surface area contributed by atoms with Crippen LogP contribution in [-0.2, 0) is 11.4 Å². The Balaban J connectivity index is 1.43. The molecule has 0 radical (unpaired) electrons. The van der Waals surface area contributed by atoms with Crippen molar-refractivity contribution in [1.82, 2.24) is 4.90 Å². The lowest BCUT2D eigenvalue weighted by Crippen LogP contribution is -2.49. The summed E-state index contributed by atoms with van der Waals surface area (Å²) in [4.78, 5) is 16.9. The minimum absolute atomic E-state index is 0.0359. The predicted molar refractivity (Wildman–Crippen MR) is 144 cm³/mol. The highest BCUT2D eigenvalue weighted by atomic mass is 79.9. The zero-order valence-electron chi connectivity index (χ0n) is 18.8. The SMILES string of the molecule is N#C/C(=C/c1cc(Cl)c(OCc2ccc(Br)cc2)c(Cl)c1)C(=O)N1CCN(c2ccccc2)CC1. The lowest BCUT2D eigenvalue weighted by atomic mass is 10.1. The number of ether oxygens (including phenoxy) is 1. The average Bonchev–Trinajstić information content (AvgIpc) is 2.88. The summed E-state index contributed by atoms with van der Waals surface area (Å²) in [5.41, 5.74) is 2.69. The van der Waals surface area contributed by atoms with Crippen molar-refractivity contribution >= 4 is 56.8 Å². The molecule has 1 heterocycles. The van der Waals surface area contributed by atoms with Gasteiger partial charge in [0.15, 0.2) is 5.75 Å². The average molecular weight is 571 g/mol. The van der Waals surface area contributed by atoms with Crippen molar-refractivity contribution in [1.29, 1.82) is 5.26 Å². The normalized spacial score (nSPS) is 13.9. The highest BCUT2D eigenvalue weighted by Gasteiger charge is 2.24. The van der Waals surface area contributed by atoms with Crippen molar-refractivity contribution in [2.45, 2.75) is 6.61 Å². The third-order valence-electron chi connectivity index (χ3n) is 5.67. The zero-order chi connectivity index (χ0) is 24.8. The number of anilines is 1. The van der Waals surface area contributed by atoms with Crippen LogP contribution in [0.3, 0.4) is 0 Å². The fourth-order valence-corrected chi connectivity index (χ4v) is 4.70. The van der Waals surface area contributed by atoms with E-state index in [1.807, 2.05) is 48.5 Å². The van der Waals surface area contributed by atoms with E-state index >= 15 is 0 Å². The molecule has 3 aromatic rings. The maximum absolute atomic E-state index is 13.0. The van der Waals surface area contributed by atoms with Gasteiger partial charge in [0.1, 0.15) is 18.2 Å². The fraction of sp³-hybridized carbons (Fsp3) is 0.185. The van der Waals surface area contributed by atoms with Crippen LogP contribution in [-0.4, -0.2) is 37.0 Å². The predicted octanol–water partition coefficient (Wildman–Crippen LogP) is 6.59. The second kappa shape index (κ2) is 11.6. The van der Waals surface area contributed by atoms with E-state index < -0.39 is 0 Å². The first-order valence-electron chi connectivity index (χ1n) is 11.0. The molecule has 0 spiro atoms. The van der Waals surface area contributed by atoms with Gasteiger partial charge in [-0.1, -0.05) is 69.5 Å². The fourth-order valence-electron chi connectivity index (χ4n) is 3.82. The lowest BCUT2D eigenvalue weighted by molar-refractivity contribution is -0.126. The van der Waals surface area contributed by atoms with Gasteiger partial charge in [0.05, 0.1) is 10.0 Å². The van der Waals surface area contributed by atoms with Crippen LogP contribution < -0.4 is 9.64 Å². The number of amides is 1. The molecule has 0 bridgehead atoms. The number of benzene rings is 3. The van der Waals surface area contributed by atoms with Crippen LogP contribution in [0.1, 0.15) is 11.1 Å². The van der Waals surface area contributed by atoms with E-state index in [1.165, 1.54) is 6.08 Å². The molecule has 1 aliphatic rings. The van der Waals surface area contributed by atoms with Gasteiger partial charge in [-0.05, 0) is 53.6 Å². The van der Waals surface area contributed by atoms with E-state index in [-0.39, 0.29) is 11.5 Å². The van der Waals surface area contributed by atoms with Gasteiger partial charge >= 0.3 is 0 Å². The Bertz CT molecular complexity index is 1240. The monoisotopic (exact) mass is 569 g/mol. The first-order chi connectivity index (χ1) is 16.9. The minimum atomic E-state index is -0.303. The van der Waals surface area contributed by atoms with Gasteiger partial charge < -0.3 is 14.5 Å². The molecule has 0 saturated carbocycles. The van der Waals surface area contributed by atoms with E-state index in [2.05, 4.69) is 33.0 Å². The van der Waals surface area contributed by atoms with Gasteiger partial charge in [-0.25, -0.2) is 0 Å². The summed E-state index contributed by atoms with van der Waals surface area (Å²) < 4.78 is 6.81. The molecule has 35 heavy (non-hydrogen) atoms. The number of hydrogen-bond donors (Lipinski definition) is 0. The largest absolute Gasteiger partial charge is 0.486 e. The van der Waals surface area contributed by atoms with Crippen LogP contribution in [0, 0.1) is 11.3 Å². The van der Waals surface area contributed by atoms with Crippen LogP contribution >= 0.6 is 39.1 Å². The summed E-state index contributed by atoms with van der Waals surface area (Å²) in [5.74, 6) is 0.0540. The molecule has 0 aliphatic carbocycles. The second-order valence-corrected chi connectivity index (χ2v) is 9.74. The summed E-state index contributed by atoms with van der Waals surface area (Å²) >= 11 is 16.3. The number of rotatable bonds is 6. The number of nitriles is 1. The highest BCUT2D eigenvalue weighted by Crippen LogP contribution is 2.35. The molecule has 8 heteroatoms. The molecule has 1 saturated heterocycles. The second-order valence-electron chi connectivity index (χ2n) is 8.01. The number of nitrogens with zero attached hydrogens (tertiary/aromatic N) is 3. The summed E-state index contributed by atoms with van der Waals surface area (Å²) in [5, 5.41) is 10.3. The van der Waals surface area contributed by atoms with E-state index in [1.54, 1.807) is 17.0 Å². The number of para-hydroxylation sites is 1. The first kappa shape index (κ1) is 25.1. The summed E-state index contributed by atoms with van der Waals surface area (Å²) in [6, 6.07) is 23.1. The van der Waals surface area contributed by atoms with Crippen LogP contribution in [0.5, 0.6) is 5.75 Å². The van der Waals surface area contributed by atoms with Crippen LogP contribution in [0.25, 0.3) is 6.08 Å². The van der Waals surface area contributed by atoms with Crippen LogP contribution in [0.4, 0.5) is 5.69 Å². The lowest BCUT2D eigenvalue weighted by Gasteiger charge is -2.36. The van der Waals surface area contributed by atoms with Crippen molar-refractivity contribution < 1.29 is 9.53 Å². The Morgan fingerprint density at radius 2 is 1.63 bits per heavy atom. The van der Waals surface area contributed by atoms with Gasteiger partial charge in [-0.2, -0.15) is 5.26 Å². The Labute approximate surface area is 223 Å². The summed E-state index contributed by atoms with van der Waals surface area (Å²) in [7, 11) is 0. The molecule has 0 unspecified atom stereocenters. The van der Waals surface area contributed by atoms with Crippen LogP contribution in [0.15, 0.2) is 76.8 Å². The molecule has 0 atom stereocenters. The molecule has 0 N–H and O–H groups in total. The van der Waals surface area contributed by atoms with Crippen molar-refractivity contribution in [3.8, 4) is 11.8 Å². The van der Waals surface area contributed by atoms with Crippen molar-refractivity contribution in [2.24, 2.45) is 0 Å². The summed E-state index contributed by atoms with van der Waals surface area (Å²) in [6.45, 7) is 2.79. The van der Waals surface area contributed by atoms with Crippen molar-refractivity contribution in [3.05, 3.63) is 97.9 Å². The van der Waals surface area contributed by atoms with E-state index in [0.29, 0.717) is 54.1 Å². The molecule has 0 aromatic heterocycles. The third-order valence-corrected chi connectivity index (χ3v) is 6.76. The standard InChI is InChI=1S/C27H22BrCl2N3O2/c28-22-8-6-19(7-9-22)18-35-26-24(29)15-20(16-25(26)30)14-21(17-31)27(34)33-12-10-32(11-13-33)23-4-2-1-3-5-23/h1-9,14-16H,10-13,18H2/b21-14-. The molecule has 1 amide bonds. The van der Waals surface area contributed by atoms with Gasteiger partial charge in [0, 0.05) is 36.3 Å². The Morgan fingerprint density at radius 1 is 1.00 bits per heavy atom.